The average molecular weight is 328 g/mol. The normalized spacial score (nSPS) is 11.7. The van der Waals surface area contributed by atoms with Gasteiger partial charge in [0.15, 0.2) is 5.15 Å². The second kappa shape index (κ2) is 5.66. The third-order valence-electron chi connectivity index (χ3n) is 2.81. The van der Waals surface area contributed by atoms with Crippen LogP contribution >= 0.6 is 23.2 Å². The van der Waals surface area contributed by atoms with E-state index in [0.29, 0.717) is 23.1 Å². The number of nitrogens with one attached hydrogen (secondary N) is 1. The standard InChI is InChI=1S/C14H15Cl2N3O2/c1-14(2,3)6-18-10-7-4-9(15)19-12(16)11(7)17-5-8(10)13(20)21/h4-5H,6H2,1-3H3,(H,17,18)(H,20,21). The van der Waals surface area contributed by atoms with Gasteiger partial charge in [-0.25, -0.2) is 9.78 Å². The number of pyridine rings is 2. The number of hydrogen-bond acceptors (Lipinski definition) is 4. The molecule has 0 saturated carbocycles. The van der Waals surface area contributed by atoms with Crippen LogP contribution in [0.15, 0.2) is 12.3 Å². The van der Waals surface area contributed by atoms with E-state index in [1.165, 1.54) is 6.20 Å². The molecular formula is C14H15Cl2N3O2. The lowest BCUT2D eigenvalue weighted by Crippen LogP contribution is -2.20. The molecule has 0 aromatic carbocycles. The van der Waals surface area contributed by atoms with Crippen molar-refractivity contribution in [2.75, 3.05) is 11.9 Å². The van der Waals surface area contributed by atoms with Crippen molar-refractivity contribution in [3.05, 3.63) is 28.1 Å². The molecule has 0 aliphatic heterocycles. The molecule has 0 bridgehead atoms. The third-order valence-corrected chi connectivity index (χ3v) is 3.26. The molecule has 112 valence electrons. The van der Waals surface area contributed by atoms with Crippen LogP contribution in [0.5, 0.6) is 0 Å². The predicted octanol–water partition coefficient (Wildman–Crippen LogP) is 4.09. The van der Waals surface area contributed by atoms with Crippen molar-refractivity contribution in [3.8, 4) is 0 Å². The van der Waals surface area contributed by atoms with E-state index < -0.39 is 5.97 Å². The number of rotatable bonds is 3. The largest absolute Gasteiger partial charge is 0.478 e. The molecule has 0 atom stereocenters. The van der Waals surface area contributed by atoms with Crippen molar-refractivity contribution in [2.24, 2.45) is 5.41 Å². The van der Waals surface area contributed by atoms with E-state index >= 15 is 0 Å². The molecule has 0 aliphatic rings. The number of aromatic nitrogens is 2. The maximum Gasteiger partial charge on any atom is 0.339 e. The number of nitrogens with zero attached hydrogens (tertiary/aromatic N) is 2. The molecule has 7 heteroatoms. The SMILES string of the molecule is CC(C)(C)CNc1c(C(=O)O)cnc2c(Cl)nc(Cl)cc12. The highest BCUT2D eigenvalue weighted by molar-refractivity contribution is 6.36. The van der Waals surface area contributed by atoms with Crippen molar-refractivity contribution in [2.45, 2.75) is 20.8 Å². The number of carboxylic acids is 1. The summed E-state index contributed by atoms with van der Waals surface area (Å²) in [6.45, 7) is 6.73. The second-order valence-electron chi connectivity index (χ2n) is 5.90. The fourth-order valence-corrected chi connectivity index (χ4v) is 2.31. The van der Waals surface area contributed by atoms with Crippen LogP contribution in [-0.2, 0) is 0 Å². The van der Waals surface area contributed by atoms with Gasteiger partial charge in [0.05, 0.1) is 5.69 Å². The van der Waals surface area contributed by atoms with Crippen LogP contribution < -0.4 is 5.32 Å². The number of carboxylic acid groups (broad SMARTS) is 1. The molecule has 2 aromatic heterocycles. The number of fused-ring (bicyclic) bond motifs is 1. The van der Waals surface area contributed by atoms with Crippen LogP contribution in [0.2, 0.25) is 10.3 Å². The molecule has 0 aliphatic carbocycles. The van der Waals surface area contributed by atoms with E-state index in [1.54, 1.807) is 6.07 Å². The molecule has 21 heavy (non-hydrogen) atoms. The smallest absolute Gasteiger partial charge is 0.339 e. The Bertz CT molecular complexity index is 711. The fraction of sp³-hybridized carbons (Fsp3) is 0.357. The fourth-order valence-electron chi connectivity index (χ4n) is 1.84. The summed E-state index contributed by atoms with van der Waals surface area (Å²) in [7, 11) is 0. The summed E-state index contributed by atoms with van der Waals surface area (Å²) in [6, 6.07) is 1.56. The summed E-state index contributed by atoms with van der Waals surface area (Å²) >= 11 is 11.9. The number of carbonyl (C=O) groups is 1. The average Bonchev–Trinajstić information content (AvgIpc) is 2.34. The van der Waals surface area contributed by atoms with Crippen LogP contribution in [0, 0.1) is 5.41 Å². The Balaban J connectivity index is 2.66. The first kappa shape index (κ1) is 15.8. The lowest BCUT2D eigenvalue weighted by Gasteiger charge is -2.21. The van der Waals surface area contributed by atoms with Crippen molar-refractivity contribution < 1.29 is 9.90 Å². The van der Waals surface area contributed by atoms with Gasteiger partial charge in [-0.15, -0.1) is 0 Å². The topological polar surface area (TPSA) is 75.1 Å². The second-order valence-corrected chi connectivity index (χ2v) is 6.64. The van der Waals surface area contributed by atoms with E-state index in [-0.39, 0.29) is 21.3 Å². The first-order chi connectivity index (χ1) is 9.69. The van der Waals surface area contributed by atoms with Crippen molar-refractivity contribution in [1.29, 1.82) is 0 Å². The van der Waals surface area contributed by atoms with Gasteiger partial charge >= 0.3 is 5.97 Å². The zero-order valence-electron chi connectivity index (χ0n) is 11.9. The monoisotopic (exact) mass is 327 g/mol. The summed E-state index contributed by atoms with van der Waals surface area (Å²) in [6.07, 6.45) is 1.27. The lowest BCUT2D eigenvalue weighted by atomic mass is 9.96. The molecule has 0 saturated heterocycles. The number of aromatic carboxylic acids is 1. The van der Waals surface area contributed by atoms with Gasteiger partial charge in [0.1, 0.15) is 16.2 Å². The third kappa shape index (κ3) is 3.54. The van der Waals surface area contributed by atoms with Gasteiger partial charge in [-0.2, -0.15) is 0 Å². The van der Waals surface area contributed by atoms with Gasteiger partial charge in [-0.1, -0.05) is 44.0 Å². The minimum atomic E-state index is -1.06. The van der Waals surface area contributed by atoms with E-state index in [1.807, 2.05) is 20.8 Å². The highest BCUT2D eigenvalue weighted by Crippen LogP contribution is 2.32. The Hall–Kier alpha value is -1.59. The van der Waals surface area contributed by atoms with Crippen molar-refractivity contribution >= 4 is 45.8 Å². The van der Waals surface area contributed by atoms with Crippen molar-refractivity contribution in [3.63, 3.8) is 0 Å². The van der Waals surface area contributed by atoms with Gasteiger partial charge in [-0.3, -0.25) is 4.98 Å². The first-order valence-electron chi connectivity index (χ1n) is 6.31. The molecule has 2 N–H and O–H groups in total. The molecule has 0 radical (unpaired) electrons. The number of halogens is 2. The molecule has 0 amide bonds. The van der Waals surface area contributed by atoms with Gasteiger partial charge < -0.3 is 10.4 Å². The molecule has 0 spiro atoms. The van der Waals surface area contributed by atoms with E-state index in [0.717, 1.165) is 0 Å². The number of hydrogen-bond donors (Lipinski definition) is 2. The van der Waals surface area contributed by atoms with E-state index in [4.69, 9.17) is 23.2 Å². The van der Waals surface area contributed by atoms with E-state index in [9.17, 15) is 9.90 Å². The maximum atomic E-state index is 11.4. The highest BCUT2D eigenvalue weighted by Gasteiger charge is 2.19. The molecule has 0 unspecified atom stereocenters. The van der Waals surface area contributed by atoms with Gasteiger partial charge in [0.25, 0.3) is 0 Å². The molecule has 2 rings (SSSR count). The Morgan fingerprint density at radius 1 is 1.38 bits per heavy atom. The Kier molecular flexibility index (Phi) is 4.25. The summed E-state index contributed by atoms with van der Waals surface area (Å²) < 4.78 is 0. The Morgan fingerprint density at radius 3 is 2.62 bits per heavy atom. The molecule has 2 heterocycles. The molecule has 0 fully saturated rings. The summed E-state index contributed by atoms with van der Waals surface area (Å²) in [5, 5.41) is 13.4. The number of anilines is 1. The van der Waals surface area contributed by atoms with Crippen LogP contribution in [0.3, 0.4) is 0 Å². The van der Waals surface area contributed by atoms with Crippen LogP contribution in [0.25, 0.3) is 10.9 Å². The molecule has 5 nitrogen and oxygen atoms in total. The van der Waals surface area contributed by atoms with Gasteiger partial charge in [0, 0.05) is 18.1 Å². The molecular weight excluding hydrogens is 313 g/mol. The zero-order chi connectivity index (χ0) is 15.8. The predicted molar refractivity (Wildman–Crippen MR) is 84.5 cm³/mol. The van der Waals surface area contributed by atoms with Crippen LogP contribution in [0.1, 0.15) is 31.1 Å². The minimum absolute atomic E-state index is 0.0218. The molecule has 2 aromatic rings. The lowest BCUT2D eigenvalue weighted by molar-refractivity contribution is 0.0697. The van der Waals surface area contributed by atoms with Crippen molar-refractivity contribution in [1.82, 2.24) is 9.97 Å². The van der Waals surface area contributed by atoms with Crippen LogP contribution in [0.4, 0.5) is 5.69 Å². The Labute approximate surface area is 132 Å². The van der Waals surface area contributed by atoms with Gasteiger partial charge in [-0.05, 0) is 11.5 Å². The highest BCUT2D eigenvalue weighted by atomic mass is 35.5. The zero-order valence-corrected chi connectivity index (χ0v) is 13.4. The minimum Gasteiger partial charge on any atom is -0.478 e. The summed E-state index contributed by atoms with van der Waals surface area (Å²) in [5.41, 5.74) is 0.924. The first-order valence-corrected chi connectivity index (χ1v) is 7.06. The summed E-state index contributed by atoms with van der Waals surface area (Å²) in [5.74, 6) is -1.06. The quantitative estimate of drug-likeness (QED) is 0.830. The van der Waals surface area contributed by atoms with E-state index in [2.05, 4.69) is 15.3 Å². The maximum absolute atomic E-state index is 11.4. The Morgan fingerprint density at radius 2 is 2.05 bits per heavy atom. The van der Waals surface area contributed by atoms with Crippen LogP contribution in [-0.4, -0.2) is 27.6 Å². The summed E-state index contributed by atoms with van der Waals surface area (Å²) in [4.78, 5) is 19.4. The van der Waals surface area contributed by atoms with Gasteiger partial charge in [0.2, 0.25) is 0 Å².